The third-order valence-electron chi connectivity index (χ3n) is 7.34. The Balaban J connectivity index is 1.69. The van der Waals surface area contributed by atoms with Crippen LogP contribution in [0.1, 0.15) is 36.1 Å². The summed E-state index contributed by atoms with van der Waals surface area (Å²) in [7, 11) is 0.243. The molecule has 194 valence electrons. The monoisotopic (exact) mass is 525 g/mol. The predicted octanol–water partition coefficient (Wildman–Crippen LogP) is 6.89. The highest BCUT2D eigenvalue weighted by molar-refractivity contribution is 7.45. The van der Waals surface area contributed by atoms with Gasteiger partial charge in [0.05, 0.1) is 0 Å². The lowest BCUT2D eigenvalue weighted by molar-refractivity contribution is -0.174. The summed E-state index contributed by atoms with van der Waals surface area (Å²) in [6.07, 6.45) is -1.10. The van der Waals surface area contributed by atoms with Crippen molar-refractivity contribution in [2.24, 2.45) is 0 Å². The molecule has 0 bridgehead atoms. The summed E-state index contributed by atoms with van der Waals surface area (Å²) in [5.41, 5.74) is 1.88. The summed E-state index contributed by atoms with van der Waals surface area (Å²) in [6, 6.07) is 41.1. The highest BCUT2D eigenvalue weighted by Gasteiger charge is 2.66. The highest BCUT2D eigenvalue weighted by atomic mass is 31.2. The van der Waals surface area contributed by atoms with Crippen LogP contribution in [0.15, 0.2) is 121 Å². The van der Waals surface area contributed by atoms with Crippen LogP contribution in [0.2, 0.25) is 0 Å². The minimum atomic E-state index is -1.63. The molecule has 2 heterocycles. The van der Waals surface area contributed by atoms with Gasteiger partial charge in [0, 0.05) is 0 Å². The average Bonchev–Trinajstić information content (AvgIpc) is 3.25. The molecule has 0 radical (unpaired) electrons. The summed E-state index contributed by atoms with van der Waals surface area (Å²) in [4.78, 5) is 0. The van der Waals surface area contributed by atoms with Crippen LogP contribution in [-0.4, -0.2) is 25.0 Å². The molecule has 2 fully saturated rings. The number of fused-ring (bicyclic) bond motifs is 1. The minimum absolute atomic E-state index is 0.552. The fraction of sp³-hybridized carbons (Fsp3) is 0.250. The summed E-state index contributed by atoms with van der Waals surface area (Å²) in [5.74, 6) is -0.884. The number of hydrogen-bond donors (Lipinski definition) is 1. The molecule has 0 unspecified atom stereocenters. The second kappa shape index (κ2) is 10.0. The standard InChI is InChI=1S/C32H32NO4P/c1-30(2)34-28-29(35-30)32(26-20-12-6-13-21-26,27-22-14-7-15-23-27)37-38(33-3)36-31(28,24-16-8-4-9-17-24)25-18-10-5-11-19-25/h4-23,28-29,33H,1-3H3/t28-,29-/m0/s1. The van der Waals surface area contributed by atoms with Crippen LogP contribution in [0.3, 0.4) is 0 Å². The van der Waals surface area contributed by atoms with Gasteiger partial charge in [0.15, 0.2) is 17.0 Å². The van der Waals surface area contributed by atoms with Gasteiger partial charge in [0.2, 0.25) is 0 Å². The number of rotatable bonds is 5. The van der Waals surface area contributed by atoms with Crippen molar-refractivity contribution < 1.29 is 18.5 Å². The van der Waals surface area contributed by atoms with Crippen molar-refractivity contribution in [3.63, 3.8) is 0 Å². The Bertz CT molecular complexity index is 1170. The molecule has 0 aliphatic carbocycles. The lowest BCUT2D eigenvalue weighted by Crippen LogP contribution is -2.53. The van der Waals surface area contributed by atoms with Gasteiger partial charge in [-0.3, -0.25) is 5.09 Å². The molecule has 4 aromatic carbocycles. The van der Waals surface area contributed by atoms with Crippen LogP contribution in [0.25, 0.3) is 0 Å². The first-order valence-corrected chi connectivity index (χ1v) is 14.1. The largest absolute Gasteiger partial charge is 0.341 e. The molecule has 0 saturated carbocycles. The molecule has 6 rings (SSSR count). The maximum absolute atomic E-state index is 7.15. The SMILES string of the molecule is CNP1OC(c2ccccc2)(c2ccccc2)[C@H]2OC(C)(C)O[C@@H]2C(c2ccccc2)(c2ccccc2)O1. The molecule has 5 nitrogen and oxygen atoms in total. The lowest BCUT2D eigenvalue weighted by atomic mass is 9.72. The molecule has 2 aliphatic rings. The Kier molecular flexibility index (Phi) is 6.69. The van der Waals surface area contributed by atoms with Crippen LogP contribution in [0.4, 0.5) is 0 Å². The zero-order valence-electron chi connectivity index (χ0n) is 21.8. The van der Waals surface area contributed by atoms with Gasteiger partial charge in [0.1, 0.15) is 12.2 Å². The van der Waals surface area contributed by atoms with Gasteiger partial charge in [-0.15, -0.1) is 0 Å². The summed E-state index contributed by atoms with van der Waals surface area (Å²) < 4.78 is 28.1. The first kappa shape index (κ1) is 25.4. The van der Waals surface area contributed by atoms with Gasteiger partial charge in [-0.25, -0.2) is 0 Å². The summed E-state index contributed by atoms with van der Waals surface area (Å²) >= 11 is 0. The average molecular weight is 526 g/mol. The van der Waals surface area contributed by atoms with E-state index < -0.39 is 37.7 Å². The van der Waals surface area contributed by atoms with Crippen molar-refractivity contribution in [2.75, 3.05) is 7.05 Å². The van der Waals surface area contributed by atoms with Crippen LogP contribution < -0.4 is 5.09 Å². The van der Waals surface area contributed by atoms with E-state index in [-0.39, 0.29) is 0 Å². The van der Waals surface area contributed by atoms with Crippen LogP contribution in [0, 0.1) is 0 Å². The maximum atomic E-state index is 7.15. The fourth-order valence-corrected chi connectivity index (χ4v) is 7.15. The number of hydrogen-bond acceptors (Lipinski definition) is 5. The molecular weight excluding hydrogens is 493 g/mol. The molecule has 4 aromatic rings. The Labute approximate surface area is 225 Å². The lowest BCUT2D eigenvalue weighted by Gasteiger charge is -2.41. The van der Waals surface area contributed by atoms with E-state index in [9.17, 15) is 0 Å². The van der Waals surface area contributed by atoms with Gasteiger partial charge in [-0.2, -0.15) is 0 Å². The van der Waals surface area contributed by atoms with Crippen molar-refractivity contribution in [3.8, 4) is 0 Å². The van der Waals surface area contributed by atoms with Crippen molar-refractivity contribution >= 4 is 8.53 Å². The van der Waals surface area contributed by atoms with Gasteiger partial charge < -0.3 is 18.5 Å². The normalized spacial score (nSPS) is 23.9. The van der Waals surface area contributed by atoms with E-state index >= 15 is 0 Å². The van der Waals surface area contributed by atoms with Gasteiger partial charge in [0.25, 0.3) is 8.53 Å². The quantitative estimate of drug-likeness (QED) is 0.288. The second-order valence-electron chi connectivity index (χ2n) is 10.1. The predicted molar refractivity (Wildman–Crippen MR) is 149 cm³/mol. The van der Waals surface area contributed by atoms with Crippen molar-refractivity contribution in [3.05, 3.63) is 144 Å². The van der Waals surface area contributed by atoms with E-state index in [1.54, 1.807) is 0 Å². The number of ether oxygens (including phenoxy) is 2. The molecule has 6 heteroatoms. The third kappa shape index (κ3) is 4.11. The van der Waals surface area contributed by atoms with E-state index in [1.807, 2.05) is 93.7 Å². The Morgan fingerprint density at radius 2 is 0.816 bits per heavy atom. The van der Waals surface area contributed by atoms with E-state index in [2.05, 4.69) is 53.6 Å². The molecule has 0 amide bonds. The maximum Gasteiger partial charge on any atom is 0.258 e. The smallest absolute Gasteiger partial charge is 0.258 e. The molecule has 2 aliphatic heterocycles. The zero-order valence-corrected chi connectivity index (χ0v) is 22.7. The van der Waals surface area contributed by atoms with Crippen LogP contribution in [0.5, 0.6) is 0 Å². The first-order valence-electron chi connectivity index (χ1n) is 12.9. The Morgan fingerprint density at radius 1 is 0.526 bits per heavy atom. The molecule has 0 aromatic heterocycles. The number of benzene rings is 4. The molecule has 38 heavy (non-hydrogen) atoms. The third-order valence-corrected chi connectivity index (χ3v) is 8.62. The Morgan fingerprint density at radius 3 is 1.08 bits per heavy atom. The molecule has 0 spiro atoms. The van der Waals surface area contributed by atoms with E-state index in [1.165, 1.54) is 0 Å². The highest BCUT2D eigenvalue weighted by Crippen LogP contribution is 2.63. The fourth-order valence-electron chi connectivity index (χ4n) is 5.77. The van der Waals surface area contributed by atoms with E-state index in [0.29, 0.717) is 0 Å². The van der Waals surface area contributed by atoms with Gasteiger partial charge in [-0.1, -0.05) is 121 Å². The van der Waals surface area contributed by atoms with E-state index in [0.717, 1.165) is 22.3 Å². The summed E-state index contributed by atoms with van der Waals surface area (Å²) in [5, 5.41) is 3.35. The molecular formula is C32H32NO4P. The van der Waals surface area contributed by atoms with Gasteiger partial charge in [-0.05, 0) is 43.1 Å². The zero-order chi connectivity index (χ0) is 26.2. The van der Waals surface area contributed by atoms with Crippen molar-refractivity contribution in [1.82, 2.24) is 5.09 Å². The first-order chi connectivity index (χ1) is 18.5. The van der Waals surface area contributed by atoms with Crippen molar-refractivity contribution in [1.29, 1.82) is 0 Å². The molecule has 2 atom stereocenters. The molecule has 1 N–H and O–H groups in total. The number of nitrogens with one attached hydrogen (secondary N) is 1. The topological polar surface area (TPSA) is 49.0 Å². The van der Waals surface area contributed by atoms with Crippen LogP contribution >= 0.6 is 8.53 Å². The molecule has 2 saturated heterocycles. The van der Waals surface area contributed by atoms with Gasteiger partial charge >= 0.3 is 0 Å². The van der Waals surface area contributed by atoms with Crippen LogP contribution in [-0.2, 0) is 29.7 Å². The Hall–Kier alpha value is -2.89. The van der Waals surface area contributed by atoms with Crippen molar-refractivity contribution in [2.45, 2.75) is 43.0 Å². The summed E-state index contributed by atoms with van der Waals surface area (Å²) in [6.45, 7) is 3.92. The minimum Gasteiger partial charge on any atom is -0.341 e. The van der Waals surface area contributed by atoms with E-state index in [4.69, 9.17) is 18.5 Å². The second-order valence-corrected chi connectivity index (χ2v) is 11.4.